The Morgan fingerprint density at radius 3 is 2.60 bits per heavy atom. The van der Waals surface area contributed by atoms with Crippen LogP contribution in [0.15, 0.2) is 28.1 Å². The third-order valence-electron chi connectivity index (χ3n) is 3.65. The van der Waals surface area contributed by atoms with Crippen molar-refractivity contribution in [2.45, 2.75) is 49.5 Å². The van der Waals surface area contributed by atoms with Gasteiger partial charge in [0.15, 0.2) is 0 Å². The molecule has 3 rings (SSSR count). The van der Waals surface area contributed by atoms with Crippen LogP contribution in [0.25, 0.3) is 0 Å². The van der Waals surface area contributed by atoms with E-state index >= 15 is 0 Å². The summed E-state index contributed by atoms with van der Waals surface area (Å²) in [5.74, 6) is 2.06. The molecule has 1 aromatic heterocycles. The highest BCUT2D eigenvalue weighted by molar-refractivity contribution is 7.99. The molecule has 0 bridgehead atoms. The van der Waals surface area contributed by atoms with E-state index in [9.17, 15) is 0 Å². The second kappa shape index (κ2) is 5.09. The Hall–Kier alpha value is -1.55. The topological polar surface area (TPSA) is 51.8 Å². The van der Waals surface area contributed by atoms with Crippen molar-refractivity contribution < 1.29 is 0 Å². The maximum Gasteiger partial charge on any atom is 0.135 e. The number of nitrogens with zero attached hydrogens (tertiary/aromatic N) is 2. The Morgan fingerprint density at radius 2 is 1.90 bits per heavy atom. The van der Waals surface area contributed by atoms with Gasteiger partial charge >= 0.3 is 0 Å². The van der Waals surface area contributed by atoms with Crippen LogP contribution in [0.2, 0.25) is 0 Å². The number of aromatic nitrogens is 2. The van der Waals surface area contributed by atoms with Gasteiger partial charge in [0.1, 0.15) is 16.7 Å². The highest BCUT2D eigenvalue weighted by atomic mass is 32.2. The predicted octanol–water partition coefficient (Wildman–Crippen LogP) is 4.01. The molecule has 0 spiro atoms. The van der Waals surface area contributed by atoms with Crippen molar-refractivity contribution in [2.75, 3.05) is 5.73 Å². The van der Waals surface area contributed by atoms with Crippen LogP contribution in [0.1, 0.15) is 41.3 Å². The fourth-order valence-corrected chi connectivity index (χ4v) is 3.15. The molecule has 0 aliphatic heterocycles. The number of aryl methyl sites for hydroxylation is 2. The molecule has 1 fully saturated rings. The molecule has 1 aliphatic rings. The third-order valence-corrected chi connectivity index (χ3v) is 4.90. The summed E-state index contributed by atoms with van der Waals surface area (Å²) in [6, 6.07) is 6.49. The van der Waals surface area contributed by atoms with Gasteiger partial charge < -0.3 is 5.73 Å². The summed E-state index contributed by atoms with van der Waals surface area (Å²) in [5.41, 5.74) is 9.56. The first kappa shape index (κ1) is 13.4. The van der Waals surface area contributed by atoms with Gasteiger partial charge in [0.05, 0.1) is 0 Å². The minimum absolute atomic E-state index is 0.524. The van der Waals surface area contributed by atoms with Gasteiger partial charge in [-0.1, -0.05) is 23.9 Å². The zero-order chi connectivity index (χ0) is 14.3. The molecule has 1 aromatic carbocycles. The minimum Gasteiger partial charge on any atom is -0.383 e. The zero-order valence-corrected chi connectivity index (χ0v) is 12.9. The van der Waals surface area contributed by atoms with Crippen molar-refractivity contribution in [3.05, 3.63) is 40.7 Å². The monoisotopic (exact) mass is 285 g/mol. The molecule has 0 unspecified atom stereocenters. The number of hydrogen-bond acceptors (Lipinski definition) is 4. The fourth-order valence-electron chi connectivity index (χ4n) is 2.07. The summed E-state index contributed by atoms with van der Waals surface area (Å²) in [6.45, 7) is 6.24. The first-order chi connectivity index (χ1) is 9.54. The van der Waals surface area contributed by atoms with Crippen molar-refractivity contribution >= 4 is 17.6 Å². The molecule has 2 N–H and O–H groups in total. The van der Waals surface area contributed by atoms with Crippen LogP contribution in [0.5, 0.6) is 0 Å². The summed E-state index contributed by atoms with van der Waals surface area (Å²) in [6.07, 6.45) is 2.38. The van der Waals surface area contributed by atoms with Crippen molar-refractivity contribution in [3.8, 4) is 0 Å². The zero-order valence-electron chi connectivity index (χ0n) is 12.1. The maximum absolute atomic E-state index is 6.04. The van der Waals surface area contributed by atoms with Gasteiger partial charge in [-0.05, 0) is 50.8 Å². The van der Waals surface area contributed by atoms with E-state index in [1.165, 1.54) is 28.9 Å². The van der Waals surface area contributed by atoms with E-state index in [1.54, 1.807) is 11.8 Å². The van der Waals surface area contributed by atoms with Gasteiger partial charge in [-0.15, -0.1) is 0 Å². The Morgan fingerprint density at radius 1 is 1.15 bits per heavy atom. The first-order valence-corrected chi connectivity index (χ1v) is 7.75. The maximum atomic E-state index is 6.04. The van der Waals surface area contributed by atoms with E-state index in [0.717, 1.165) is 16.4 Å². The largest absolute Gasteiger partial charge is 0.383 e. The number of benzene rings is 1. The van der Waals surface area contributed by atoms with Crippen molar-refractivity contribution in [3.63, 3.8) is 0 Å². The fraction of sp³-hybridized carbons (Fsp3) is 0.375. The number of anilines is 1. The van der Waals surface area contributed by atoms with Crippen LogP contribution in [0.3, 0.4) is 0 Å². The van der Waals surface area contributed by atoms with Gasteiger partial charge in [-0.3, -0.25) is 0 Å². The molecule has 0 radical (unpaired) electrons. The van der Waals surface area contributed by atoms with Crippen LogP contribution in [0, 0.1) is 20.8 Å². The van der Waals surface area contributed by atoms with Gasteiger partial charge in [0.25, 0.3) is 0 Å². The molecular weight excluding hydrogens is 266 g/mol. The van der Waals surface area contributed by atoms with Crippen LogP contribution in [0.4, 0.5) is 5.82 Å². The van der Waals surface area contributed by atoms with Crippen LogP contribution in [-0.4, -0.2) is 9.97 Å². The quantitative estimate of drug-likeness (QED) is 0.866. The van der Waals surface area contributed by atoms with E-state index in [1.807, 2.05) is 6.92 Å². The molecule has 104 valence electrons. The number of hydrogen-bond donors (Lipinski definition) is 1. The van der Waals surface area contributed by atoms with E-state index in [-0.39, 0.29) is 0 Å². The van der Waals surface area contributed by atoms with Gasteiger partial charge in [-0.2, -0.15) is 0 Å². The lowest BCUT2D eigenvalue weighted by Crippen LogP contribution is -2.03. The lowest BCUT2D eigenvalue weighted by atomic mass is 10.2. The highest BCUT2D eigenvalue weighted by Gasteiger charge is 2.28. The Balaban J connectivity index is 1.99. The summed E-state index contributed by atoms with van der Waals surface area (Å²) in [7, 11) is 0. The second-order valence-electron chi connectivity index (χ2n) is 5.54. The standard InChI is InChI=1S/C16H19N3S/c1-9-4-5-10(2)13(8-9)20-16-11(3)14(17)18-15(19-16)12-6-7-12/h4-5,8,12H,6-7H2,1-3H3,(H2,17,18,19). The minimum atomic E-state index is 0.524. The molecule has 1 aliphatic carbocycles. The number of nitrogens with two attached hydrogens (primary N) is 1. The summed E-state index contributed by atoms with van der Waals surface area (Å²) < 4.78 is 0. The number of nitrogen functional groups attached to an aromatic ring is 1. The normalized spacial score (nSPS) is 14.6. The molecule has 1 saturated carbocycles. The average molecular weight is 285 g/mol. The van der Waals surface area contributed by atoms with Crippen LogP contribution < -0.4 is 5.73 Å². The smallest absolute Gasteiger partial charge is 0.135 e. The molecule has 2 aromatic rings. The molecule has 0 atom stereocenters. The molecule has 0 amide bonds. The second-order valence-corrected chi connectivity index (χ2v) is 6.57. The molecule has 0 saturated heterocycles. The van der Waals surface area contributed by atoms with E-state index in [4.69, 9.17) is 10.7 Å². The van der Waals surface area contributed by atoms with Crippen molar-refractivity contribution in [1.82, 2.24) is 9.97 Å². The molecule has 20 heavy (non-hydrogen) atoms. The van der Waals surface area contributed by atoms with Crippen molar-refractivity contribution in [2.24, 2.45) is 0 Å². The Labute approximate surface area is 124 Å². The third kappa shape index (κ3) is 2.66. The Kier molecular flexibility index (Phi) is 3.42. The summed E-state index contributed by atoms with van der Waals surface area (Å²) in [5, 5.41) is 0.994. The number of rotatable bonds is 3. The average Bonchev–Trinajstić information content (AvgIpc) is 3.23. The van der Waals surface area contributed by atoms with Crippen LogP contribution in [-0.2, 0) is 0 Å². The molecular formula is C16H19N3S. The van der Waals surface area contributed by atoms with Gasteiger partial charge in [-0.25, -0.2) is 9.97 Å². The Bertz CT molecular complexity index is 663. The predicted molar refractivity (Wildman–Crippen MR) is 83.2 cm³/mol. The SMILES string of the molecule is Cc1ccc(C)c(Sc2nc(C3CC3)nc(N)c2C)c1. The molecule has 4 heteroatoms. The van der Waals surface area contributed by atoms with Crippen molar-refractivity contribution in [1.29, 1.82) is 0 Å². The first-order valence-electron chi connectivity index (χ1n) is 6.93. The van der Waals surface area contributed by atoms with E-state index < -0.39 is 0 Å². The van der Waals surface area contributed by atoms with Gasteiger partial charge in [0, 0.05) is 16.4 Å². The summed E-state index contributed by atoms with van der Waals surface area (Å²) >= 11 is 1.70. The van der Waals surface area contributed by atoms with E-state index in [2.05, 4.69) is 37.0 Å². The highest BCUT2D eigenvalue weighted by Crippen LogP contribution is 2.40. The van der Waals surface area contributed by atoms with Crippen LogP contribution >= 0.6 is 11.8 Å². The van der Waals surface area contributed by atoms with E-state index in [0.29, 0.717) is 11.7 Å². The van der Waals surface area contributed by atoms with Gasteiger partial charge in [0.2, 0.25) is 0 Å². The lowest BCUT2D eigenvalue weighted by Gasteiger charge is -2.11. The lowest BCUT2D eigenvalue weighted by molar-refractivity contribution is 0.868. The molecule has 3 nitrogen and oxygen atoms in total. The molecule has 1 heterocycles. The summed E-state index contributed by atoms with van der Waals surface area (Å²) in [4.78, 5) is 10.4.